The number of rotatable bonds is 7. The molecule has 1 aromatic heterocycles. The van der Waals surface area contributed by atoms with Crippen molar-refractivity contribution in [2.75, 3.05) is 4.90 Å². The number of hydrogen-bond acceptors (Lipinski definition) is 2. The highest BCUT2D eigenvalue weighted by Gasteiger charge is 2.26. The summed E-state index contributed by atoms with van der Waals surface area (Å²) in [6.07, 6.45) is 0. The van der Waals surface area contributed by atoms with E-state index >= 15 is 0 Å². The van der Waals surface area contributed by atoms with E-state index in [0.717, 1.165) is 61.3 Å². The summed E-state index contributed by atoms with van der Waals surface area (Å²) in [7, 11) is 0. The number of para-hydroxylation sites is 4. The van der Waals surface area contributed by atoms with Crippen LogP contribution in [0.2, 0.25) is 0 Å². The zero-order valence-electron chi connectivity index (χ0n) is 40.7. The highest BCUT2D eigenvalue weighted by molar-refractivity contribution is 6.14. The summed E-state index contributed by atoms with van der Waals surface area (Å²) < 4.78 is 6.77. The van der Waals surface area contributed by atoms with Crippen molar-refractivity contribution in [3.05, 3.63) is 236 Å². The second kappa shape index (κ2) is 16.8. The molecule has 0 radical (unpaired) electrons. The van der Waals surface area contributed by atoms with E-state index in [1.807, 2.05) is 6.07 Å². The highest BCUT2D eigenvalue weighted by Crippen LogP contribution is 2.50. The smallest absolute Gasteiger partial charge is 0.143 e. The fourth-order valence-electron chi connectivity index (χ4n) is 10.7. The molecule has 0 saturated heterocycles. The first-order chi connectivity index (χ1) is 34.0. The second-order valence-corrected chi connectivity index (χ2v) is 20.9. The van der Waals surface area contributed by atoms with Crippen molar-refractivity contribution in [2.45, 2.75) is 52.4 Å². The fourth-order valence-corrected chi connectivity index (χ4v) is 10.7. The molecule has 0 aliphatic rings. The van der Waals surface area contributed by atoms with Gasteiger partial charge >= 0.3 is 0 Å². The molecule has 1 heterocycles. The molecule has 338 valence electrons. The van der Waals surface area contributed by atoms with Gasteiger partial charge in [-0.05, 0) is 112 Å². The Hall–Kier alpha value is -8.20. The third-order valence-electron chi connectivity index (χ3n) is 14.4. The van der Waals surface area contributed by atoms with Crippen LogP contribution in [0.15, 0.2) is 229 Å². The molecular weight excluding hydrogens is 847 g/mol. The number of fused-ring (bicyclic) bond motifs is 7. The fraction of sp³-hybridized carbons (Fsp3) is 0.118. The van der Waals surface area contributed by atoms with Gasteiger partial charge in [-0.2, -0.15) is 0 Å². The standard InChI is InChI=1S/C68H55NO/c1-67(2,3)48-40-47(41-49(43-48)68(4,5)6)53-30-16-21-45-22-17-32-59(65(45)53)56-26-9-12-35-62(56)69(63-36-13-10-27-57(63)60-33-19-34-61-58-28-11-14-37-64(58)70-66(60)61)50-24-15-23-46(42-50)52-29-18-31-54-51-25-8-7-20-44(51)38-39-55(52)54/h7-43H,1-6H3. The lowest BCUT2D eigenvalue weighted by molar-refractivity contribution is 0.569. The minimum Gasteiger partial charge on any atom is -0.455 e. The zero-order valence-corrected chi connectivity index (χ0v) is 40.7. The van der Waals surface area contributed by atoms with Crippen LogP contribution in [-0.2, 0) is 10.8 Å². The van der Waals surface area contributed by atoms with E-state index in [9.17, 15) is 0 Å². The monoisotopic (exact) mass is 901 g/mol. The Morgan fingerprint density at radius 3 is 1.59 bits per heavy atom. The predicted molar refractivity (Wildman–Crippen MR) is 300 cm³/mol. The lowest BCUT2D eigenvalue weighted by Crippen LogP contribution is -2.16. The summed E-state index contributed by atoms with van der Waals surface area (Å²) in [4.78, 5) is 2.48. The van der Waals surface area contributed by atoms with Crippen molar-refractivity contribution in [3.8, 4) is 44.5 Å². The molecule has 12 aromatic rings. The molecule has 70 heavy (non-hydrogen) atoms. The van der Waals surface area contributed by atoms with Crippen LogP contribution in [0.3, 0.4) is 0 Å². The highest BCUT2D eigenvalue weighted by atomic mass is 16.3. The van der Waals surface area contributed by atoms with Crippen LogP contribution in [0.5, 0.6) is 0 Å². The van der Waals surface area contributed by atoms with Crippen LogP contribution in [0.4, 0.5) is 17.1 Å². The topological polar surface area (TPSA) is 16.4 Å². The maximum Gasteiger partial charge on any atom is 0.143 e. The Balaban J connectivity index is 1.12. The summed E-state index contributed by atoms with van der Waals surface area (Å²) in [5.74, 6) is 0. The maximum absolute atomic E-state index is 6.77. The van der Waals surface area contributed by atoms with Crippen LogP contribution >= 0.6 is 0 Å². The number of nitrogens with zero attached hydrogens (tertiary/aromatic N) is 1. The molecule has 12 rings (SSSR count). The Kier molecular flexibility index (Phi) is 10.3. The number of hydrogen-bond donors (Lipinski definition) is 0. The molecule has 2 heteroatoms. The molecule has 2 nitrogen and oxygen atoms in total. The average molecular weight is 902 g/mol. The molecule has 0 amide bonds. The predicted octanol–water partition coefficient (Wildman–Crippen LogP) is 19.8. The van der Waals surface area contributed by atoms with Crippen LogP contribution < -0.4 is 4.90 Å². The van der Waals surface area contributed by atoms with E-state index in [1.165, 1.54) is 65.7 Å². The zero-order chi connectivity index (χ0) is 47.7. The van der Waals surface area contributed by atoms with Gasteiger partial charge in [-0.25, -0.2) is 0 Å². The summed E-state index contributed by atoms with van der Waals surface area (Å²) in [6, 6.07) is 82.7. The Morgan fingerprint density at radius 1 is 0.329 bits per heavy atom. The first kappa shape index (κ1) is 43.1. The van der Waals surface area contributed by atoms with Crippen molar-refractivity contribution >= 4 is 71.3 Å². The third-order valence-corrected chi connectivity index (χ3v) is 14.4. The summed E-state index contributed by atoms with van der Waals surface area (Å²) in [5.41, 5.74) is 16.9. The number of furan rings is 1. The van der Waals surface area contributed by atoms with Gasteiger partial charge < -0.3 is 9.32 Å². The van der Waals surface area contributed by atoms with Gasteiger partial charge in [-0.3, -0.25) is 0 Å². The van der Waals surface area contributed by atoms with Crippen LogP contribution in [0.25, 0.3) is 98.8 Å². The summed E-state index contributed by atoms with van der Waals surface area (Å²) in [6.45, 7) is 13.9. The lowest BCUT2D eigenvalue weighted by Gasteiger charge is -2.31. The molecule has 0 saturated carbocycles. The van der Waals surface area contributed by atoms with Gasteiger partial charge in [0.15, 0.2) is 0 Å². The average Bonchev–Trinajstić information content (AvgIpc) is 3.77. The summed E-state index contributed by atoms with van der Waals surface area (Å²) >= 11 is 0. The van der Waals surface area contributed by atoms with Gasteiger partial charge in [0.05, 0.1) is 11.4 Å². The minimum atomic E-state index is -0.0228. The molecule has 11 aromatic carbocycles. The van der Waals surface area contributed by atoms with E-state index in [-0.39, 0.29) is 10.8 Å². The molecule has 0 aliphatic heterocycles. The maximum atomic E-state index is 6.77. The van der Waals surface area contributed by atoms with E-state index in [2.05, 4.69) is 265 Å². The van der Waals surface area contributed by atoms with Crippen molar-refractivity contribution in [1.29, 1.82) is 0 Å². The largest absolute Gasteiger partial charge is 0.455 e. The van der Waals surface area contributed by atoms with E-state index < -0.39 is 0 Å². The van der Waals surface area contributed by atoms with E-state index in [1.54, 1.807) is 0 Å². The second-order valence-electron chi connectivity index (χ2n) is 20.9. The molecule has 0 fully saturated rings. The van der Waals surface area contributed by atoms with E-state index in [4.69, 9.17) is 4.42 Å². The molecule has 0 bridgehead atoms. The van der Waals surface area contributed by atoms with Crippen molar-refractivity contribution < 1.29 is 4.42 Å². The normalized spacial score (nSPS) is 12.1. The Labute approximate surface area is 411 Å². The first-order valence-corrected chi connectivity index (χ1v) is 24.6. The van der Waals surface area contributed by atoms with Crippen molar-refractivity contribution in [3.63, 3.8) is 0 Å². The van der Waals surface area contributed by atoms with Crippen molar-refractivity contribution in [1.82, 2.24) is 0 Å². The van der Waals surface area contributed by atoms with Crippen LogP contribution in [0.1, 0.15) is 52.7 Å². The quantitative estimate of drug-likeness (QED) is 0.148. The van der Waals surface area contributed by atoms with E-state index in [0.29, 0.717) is 0 Å². The van der Waals surface area contributed by atoms with Gasteiger partial charge in [0.1, 0.15) is 11.2 Å². The van der Waals surface area contributed by atoms with Gasteiger partial charge in [0, 0.05) is 33.2 Å². The Bertz CT molecular complexity index is 3950. The van der Waals surface area contributed by atoms with Crippen LogP contribution in [-0.4, -0.2) is 0 Å². The van der Waals surface area contributed by atoms with Gasteiger partial charge in [-0.1, -0.05) is 236 Å². The van der Waals surface area contributed by atoms with Gasteiger partial charge in [0.2, 0.25) is 0 Å². The SMILES string of the molecule is CC(C)(C)c1cc(-c2cccc3cccc(-c4ccccc4N(c4cccc(-c5cccc6c5ccc5ccccc56)c4)c4ccccc4-c4cccc5c4oc4ccccc45)c23)cc(C(C)(C)C)c1. The third kappa shape index (κ3) is 7.43. The number of benzene rings is 11. The Morgan fingerprint density at radius 2 is 0.857 bits per heavy atom. The van der Waals surface area contributed by atoms with Gasteiger partial charge in [0.25, 0.3) is 0 Å². The molecule has 0 aliphatic carbocycles. The molecular formula is C68H55NO. The minimum absolute atomic E-state index is 0.0228. The molecule has 0 N–H and O–H groups in total. The van der Waals surface area contributed by atoms with Gasteiger partial charge in [-0.15, -0.1) is 0 Å². The molecule has 0 atom stereocenters. The lowest BCUT2D eigenvalue weighted by atomic mass is 9.78. The molecule has 0 spiro atoms. The van der Waals surface area contributed by atoms with Crippen molar-refractivity contribution in [2.24, 2.45) is 0 Å². The molecule has 0 unspecified atom stereocenters. The summed E-state index contributed by atoms with van der Waals surface area (Å²) in [5, 5.41) is 9.65. The number of anilines is 3. The van der Waals surface area contributed by atoms with Crippen LogP contribution in [0, 0.1) is 0 Å². The first-order valence-electron chi connectivity index (χ1n) is 24.6.